The number of aryl methyl sites for hydroxylation is 1. The zero-order chi connectivity index (χ0) is 14.7. The number of nitrogens with one attached hydrogen (secondary N) is 1. The third-order valence-electron chi connectivity index (χ3n) is 3.32. The fourth-order valence-corrected chi connectivity index (χ4v) is 2.53. The maximum Gasteiger partial charge on any atom is 0.110 e. The molecule has 106 valence electrons. The summed E-state index contributed by atoms with van der Waals surface area (Å²) in [6.45, 7) is 2.70. The molecule has 4 heteroatoms. The molecule has 0 unspecified atom stereocenters. The monoisotopic (exact) mass is 297 g/mol. The molecule has 0 aliphatic carbocycles. The predicted octanol–water partition coefficient (Wildman–Crippen LogP) is 4.45. The number of anilines is 1. The number of imidazole rings is 1. The molecular weight excluding hydrogens is 282 g/mol. The van der Waals surface area contributed by atoms with Gasteiger partial charge in [-0.2, -0.15) is 0 Å². The van der Waals surface area contributed by atoms with E-state index in [0.29, 0.717) is 6.54 Å². The van der Waals surface area contributed by atoms with E-state index in [1.165, 1.54) is 0 Å². The van der Waals surface area contributed by atoms with Crippen molar-refractivity contribution in [3.8, 4) is 5.69 Å². The van der Waals surface area contributed by atoms with Crippen molar-refractivity contribution in [1.82, 2.24) is 9.55 Å². The van der Waals surface area contributed by atoms with Crippen molar-refractivity contribution in [2.45, 2.75) is 13.5 Å². The molecule has 0 radical (unpaired) electrons. The number of rotatable bonds is 4. The minimum absolute atomic E-state index is 0.691. The van der Waals surface area contributed by atoms with Crippen LogP contribution in [0, 0.1) is 6.92 Å². The number of hydrogen-bond acceptors (Lipinski definition) is 2. The predicted molar refractivity (Wildman–Crippen MR) is 87.1 cm³/mol. The first-order chi connectivity index (χ1) is 10.2. The second-order valence-electron chi connectivity index (χ2n) is 4.83. The van der Waals surface area contributed by atoms with Gasteiger partial charge >= 0.3 is 0 Å². The zero-order valence-electron chi connectivity index (χ0n) is 11.8. The largest absolute Gasteiger partial charge is 0.379 e. The second-order valence-corrected chi connectivity index (χ2v) is 5.27. The lowest BCUT2D eigenvalue weighted by Crippen LogP contribution is -2.07. The molecular formula is C17H16ClN3. The van der Waals surface area contributed by atoms with Crippen LogP contribution in [0.25, 0.3) is 5.69 Å². The lowest BCUT2D eigenvalue weighted by molar-refractivity contribution is 0.900. The van der Waals surface area contributed by atoms with E-state index in [1.54, 1.807) is 0 Å². The van der Waals surface area contributed by atoms with Crippen LogP contribution in [0.5, 0.6) is 0 Å². The highest BCUT2D eigenvalue weighted by molar-refractivity contribution is 6.30. The second kappa shape index (κ2) is 6.02. The standard InChI is InChI=1S/C17H16ClN3/c1-13-19-11-17(21(13)16-8-3-2-4-9-16)12-20-15-7-5-6-14(18)10-15/h2-11,20H,12H2,1H3. The topological polar surface area (TPSA) is 29.9 Å². The Morgan fingerprint density at radius 1 is 1.10 bits per heavy atom. The van der Waals surface area contributed by atoms with Crippen LogP contribution in [0.3, 0.4) is 0 Å². The third kappa shape index (κ3) is 3.09. The molecule has 3 aromatic rings. The lowest BCUT2D eigenvalue weighted by atomic mass is 10.3. The average Bonchev–Trinajstić information content (AvgIpc) is 2.87. The Hall–Kier alpha value is -2.26. The lowest BCUT2D eigenvalue weighted by Gasteiger charge is -2.12. The Kier molecular flexibility index (Phi) is 3.93. The molecule has 0 aliphatic rings. The molecule has 1 heterocycles. The van der Waals surface area contributed by atoms with Crippen LogP contribution < -0.4 is 5.32 Å². The van der Waals surface area contributed by atoms with E-state index >= 15 is 0 Å². The van der Waals surface area contributed by atoms with Gasteiger partial charge in [-0.3, -0.25) is 4.57 Å². The normalized spacial score (nSPS) is 10.6. The molecule has 0 aliphatic heterocycles. The van der Waals surface area contributed by atoms with Crippen LogP contribution in [-0.4, -0.2) is 9.55 Å². The molecule has 3 rings (SSSR count). The summed E-state index contributed by atoms with van der Waals surface area (Å²) in [4.78, 5) is 4.42. The summed E-state index contributed by atoms with van der Waals surface area (Å²) < 4.78 is 2.15. The van der Waals surface area contributed by atoms with E-state index in [4.69, 9.17) is 11.6 Å². The molecule has 0 atom stereocenters. The highest BCUT2D eigenvalue weighted by Gasteiger charge is 2.08. The maximum absolute atomic E-state index is 6.00. The van der Waals surface area contributed by atoms with E-state index in [2.05, 4.69) is 27.0 Å². The van der Waals surface area contributed by atoms with Crippen molar-refractivity contribution < 1.29 is 0 Å². The number of hydrogen-bond donors (Lipinski definition) is 1. The Labute approximate surface area is 129 Å². The fourth-order valence-electron chi connectivity index (χ4n) is 2.34. The minimum atomic E-state index is 0.691. The molecule has 1 N–H and O–H groups in total. The van der Waals surface area contributed by atoms with Gasteiger partial charge in [0.1, 0.15) is 5.82 Å². The van der Waals surface area contributed by atoms with E-state index in [1.807, 2.05) is 55.6 Å². The van der Waals surface area contributed by atoms with Gasteiger partial charge in [-0.25, -0.2) is 4.98 Å². The number of para-hydroxylation sites is 1. The summed E-state index contributed by atoms with van der Waals surface area (Å²) in [5.41, 5.74) is 3.23. The summed E-state index contributed by atoms with van der Waals surface area (Å²) in [5, 5.41) is 4.11. The van der Waals surface area contributed by atoms with E-state index in [9.17, 15) is 0 Å². The number of benzene rings is 2. The van der Waals surface area contributed by atoms with Gasteiger partial charge < -0.3 is 5.32 Å². The first-order valence-electron chi connectivity index (χ1n) is 6.82. The molecule has 3 nitrogen and oxygen atoms in total. The Morgan fingerprint density at radius 3 is 2.67 bits per heavy atom. The summed E-state index contributed by atoms with van der Waals surface area (Å²) in [5.74, 6) is 0.976. The van der Waals surface area contributed by atoms with E-state index in [0.717, 1.165) is 27.9 Å². The van der Waals surface area contributed by atoms with E-state index in [-0.39, 0.29) is 0 Å². The Morgan fingerprint density at radius 2 is 1.90 bits per heavy atom. The van der Waals surface area contributed by atoms with Crippen molar-refractivity contribution in [1.29, 1.82) is 0 Å². The van der Waals surface area contributed by atoms with Crippen LogP contribution in [-0.2, 0) is 6.54 Å². The first kappa shape index (κ1) is 13.7. The van der Waals surface area contributed by atoms with Crippen molar-refractivity contribution in [3.05, 3.63) is 77.3 Å². The van der Waals surface area contributed by atoms with Crippen molar-refractivity contribution in [3.63, 3.8) is 0 Å². The van der Waals surface area contributed by atoms with Crippen LogP contribution in [0.2, 0.25) is 5.02 Å². The number of aromatic nitrogens is 2. The van der Waals surface area contributed by atoms with Gasteiger partial charge in [-0.05, 0) is 37.3 Å². The van der Waals surface area contributed by atoms with Crippen molar-refractivity contribution >= 4 is 17.3 Å². The van der Waals surface area contributed by atoms with Crippen LogP contribution >= 0.6 is 11.6 Å². The summed E-state index contributed by atoms with van der Waals surface area (Å²) in [7, 11) is 0. The Balaban J connectivity index is 1.84. The van der Waals surface area contributed by atoms with Crippen molar-refractivity contribution in [2.24, 2.45) is 0 Å². The Bertz CT molecular complexity index is 735. The van der Waals surface area contributed by atoms with Gasteiger partial charge in [-0.1, -0.05) is 35.9 Å². The fraction of sp³-hybridized carbons (Fsp3) is 0.118. The molecule has 0 spiro atoms. The molecule has 21 heavy (non-hydrogen) atoms. The molecule has 0 saturated heterocycles. The van der Waals surface area contributed by atoms with Gasteiger partial charge in [0.25, 0.3) is 0 Å². The number of nitrogens with zero attached hydrogens (tertiary/aromatic N) is 2. The van der Waals surface area contributed by atoms with Crippen molar-refractivity contribution in [2.75, 3.05) is 5.32 Å². The van der Waals surface area contributed by atoms with Crippen LogP contribution in [0.15, 0.2) is 60.8 Å². The van der Waals surface area contributed by atoms with Crippen LogP contribution in [0.4, 0.5) is 5.69 Å². The molecule has 1 aromatic heterocycles. The smallest absolute Gasteiger partial charge is 0.110 e. The average molecular weight is 298 g/mol. The van der Waals surface area contributed by atoms with E-state index < -0.39 is 0 Å². The highest BCUT2D eigenvalue weighted by Crippen LogP contribution is 2.18. The van der Waals surface area contributed by atoms with Gasteiger partial charge in [-0.15, -0.1) is 0 Å². The zero-order valence-corrected chi connectivity index (χ0v) is 12.5. The van der Waals surface area contributed by atoms with Gasteiger partial charge in [0.15, 0.2) is 0 Å². The number of halogens is 1. The van der Waals surface area contributed by atoms with Gasteiger partial charge in [0, 0.05) is 16.4 Å². The third-order valence-corrected chi connectivity index (χ3v) is 3.56. The van der Waals surface area contributed by atoms with Gasteiger partial charge in [0.2, 0.25) is 0 Å². The highest BCUT2D eigenvalue weighted by atomic mass is 35.5. The maximum atomic E-state index is 6.00. The molecule has 0 saturated carbocycles. The molecule has 2 aromatic carbocycles. The van der Waals surface area contributed by atoms with Gasteiger partial charge in [0.05, 0.1) is 18.4 Å². The first-order valence-corrected chi connectivity index (χ1v) is 7.20. The minimum Gasteiger partial charge on any atom is -0.379 e. The van der Waals surface area contributed by atoms with Crippen LogP contribution in [0.1, 0.15) is 11.5 Å². The molecule has 0 bridgehead atoms. The quantitative estimate of drug-likeness (QED) is 0.771. The SMILES string of the molecule is Cc1ncc(CNc2cccc(Cl)c2)n1-c1ccccc1. The summed E-state index contributed by atoms with van der Waals surface area (Å²) >= 11 is 6.00. The summed E-state index contributed by atoms with van der Waals surface area (Å²) in [6, 6.07) is 18.0. The molecule has 0 amide bonds. The summed E-state index contributed by atoms with van der Waals surface area (Å²) in [6.07, 6.45) is 1.90. The molecule has 0 fully saturated rings.